The van der Waals surface area contributed by atoms with Gasteiger partial charge in [-0.2, -0.15) is 0 Å². The largest absolute Gasteiger partial charge is 0.308 e. The number of aromatic nitrogens is 1. The van der Waals surface area contributed by atoms with Gasteiger partial charge in [-0.25, -0.2) is 24.0 Å². The first-order valence-electron chi connectivity index (χ1n) is 6.04. The summed E-state index contributed by atoms with van der Waals surface area (Å²) in [6.45, 7) is 2.34. The molecule has 8 heteroatoms. The van der Waals surface area contributed by atoms with E-state index in [2.05, 4.69) is 15.1 Å². The molecule has 4 N–H and O–H groups in total. The summed E-state index contributed by atoms with van der Waals surface area (Å²) in [5.41, 5.74) is 3.52. The number of nitrogens with zero attached hydrogens (tertiary/aromatic N) is 1. The highest BCUT2D eigenvalue weighted by atomic mass is 32.2. The molecular weight excluding hydrogens is 296 g/mol. The van der Waals surface area contributed by atoms with Gasteiger partial charge in [0.2, 0.25) is 10.0 Å². The molecule has 0 bridgehead atoms. The zero-order chi connectivity index (χ0) is 14.6. The van der Waals surface area contributed by atoms with Gasteiger partial charge in [0.15, 0.2) is 0 Å². The Morgan fingerprint density at radius 3 is 2.75 bits per heavy atom. The lowest BCUT2D eigenvalue weighted by Crippen LogP contribution is -2.23. The molecule has 0 radical (unpaired) electrons. The van der Waals surface area contributed by atoms with E-state index in [-0.39, 0.29) is 4.90 Å². The second-order valence-electron chi connectivity index (χ2n) is 4.07. The fourth-order valence-corrected chi connectivity index (χ4v) is 3.65. The number of rotatable bonds is 6. The summed E-state index contributed by atoms with van der Waals surface area (Å²) < 4.78 is 26.8. The maximum absolute atomic E-state index is 12.1. The predicted octanol–water partition coefficient (Wildman–Crippen LogP) is 1.47. The molecule has 2 aromatic heterocycles. The van der Waals surface area contributed by atoms with Gasteiger partial charge in [0.05, 0.1) is 0 Å². The van der Waals surface area contributed by atoms with Crippen molar-refractivity contribution in [3.05, 3.63) is 40.2 Å². The highest BCUT2D eigenvalue weighted by molar-refractivity contribution is 7.89. The Bertz CT molecular complexity index is 665. The molecule has 0 atom stereocenters. The third-order valence-corrected chi connectivity index (χ3v) is 5.19. The molecular formula is C12H16N4O2S2. The van der Waals surface area contributed by atoms with E-state index in [0.29, 0.717) is 12.4 Å². The molecule has 0 unspecified atom stereocenters. The van der Waals surface area contributed by atoms with Crippen molar-refractivity contribution in [3.8, 4) is 0 Å². The summed E-state index contributed by atoms with van der Waals surface area (Å²) in [5, 5.41) is 1.96. The number of pyridine rings is 1. The number of nitrogen functional groups attached to an aromatic ring is 1. The smallest absolute Gasteiger partial charge is 0.242 e. The van der Waals surface area contributed by atoms with E-state index >= 15 is 0 Å². The number of thiophene rings is 1. The molecule has 0 saturated heterocycles. The van der Waals surface area contributed by atoms with Crippen molar-refractivity contribution < 1.29 is 8.42 Å². The molecule has 0 amide bonds. The van der Waals surface area contributed by atoms with E-state index in [0.717, 1.165) is 11.3 Å². The standard InChI is InChI=1S/C12H16N4O2S2/c1-2-9-5-6-19-11(9)8-15-20(17,18)10-3-4-12(16-13)14-7-10/h3-7,15H,2,8,13H2,1H3,(H,14,16). The summed E-state index contributed by atoms with van der Waals surface area (Å²) in [4.78, 5) is 5.04. The Balaban J connectivity index is 2.10. The lowest BCUT2D eigenvalue weighted by molar-refractivity contribution is 0.581. The van der Waals surface area contributed by atoms with Crippen LogP contribution in [-0.2, 0) is 23.0 Å². The van der Waals surface area contributed by atoms with Gasteiger partial charge in [-0.15, -0.1) is 11.3 Å². The van der Waals surface area contributed by atoms with Gasteiger partial charge in [0, 0.05) is 17.6 Å². The zero-order valence-electron chi connectivity index (χ0n) is 11.0. The SMILES string of the molecule is CCc1ccsc1CNS(=O)(=O)c1ccc(NN)nc1. The van der Waals surface area contributed by atoms with Crippen molar-refractivity contribution in [2.45, 2.75) is 24.8 Å². The maximum Gasteiger partial charge on any atom is 0.242 e. The van der Waals surface area contributed by atoms with Crippen LogP contribution in [0.2, 0.25) is 0 Å². The average Bonchev–Trinajstić information content (AvgIpc) is 2.93. The molecule has 2 rings (SSSR count). The van der Waals surface area contributed by atoms with Crippen molar-refractivity contribution in [1.29, 1.82) is 0 Å². The minimum Gasteiger partial charge on any atom is -0.308 e. The fourth-order valence-electron chi connectivity index (χ4n) is 1.71. The summed E-state index contributed by atoms with van der Waals surface area (Å²) in [6, 6.07) is 4.98. The number of nitrogens with two attached hydrogens (primary N) is 1. The monoisotopic (exact) mass is 312 g/mol. The van der Waals surface area contributed by atoms with Crippen LogP contribution < -0.4 is 16.0 Å². The van der Waals surface area contributed by atoms with Crippen molar-refractivity contribution in [3.63, 3.8) is 0 Å². The number of nitrogens with one attached hydrogen (secondary N) is 2. The first kappa shape index (κ1) is 14.9. The number of anilines is 1. The molecule has 0 aliphatic rings. The Kier molecular flexibility index (Phi) is 4.71. The minimum absolute atomic E-state index is 0.117. The molecule has 2 heterocycles. The summed E-state index contributed by atoms with van der Waals surface area (Å²) in [7, 11) is -3.56. The van der Waals surface area contributed by atoms with Crippen LogP contribution in [-0.4, -0.2) is 13.4 Å². The highest BCUT2D eigenvalue weighted by Crippen LogP contribution is 2.18. The van der Waals surface area contributed by atoms with Crippen LogP contribution in [0, 0.1) is 0 Å². The van der Waals surface area contributed by atoms with Crippen LogP contribution in [0.1, 0.15) is 17.4 Å². The van der Waals surface area contributed by atoms with Gasteiger partial charge < -0.3 is 5.43 Å². The van der Waals surface area contributed by atoms with Crippen molar-refractivity contribution >= 4 is 27.2 Å². The zero-order valence-corrected chi connectivity index (χ0v) is 12.6. The van der Waals surface area contributed by atoms with Crippen LogP contribution in [0.25, 0.3) is 0 Å². The number of aryl methyl sites for hydroxylation is 1. The van der Waals surface area contributed by atoms with E-state index in [1.807, 2.05) is 18.4 Å². The molecule has 0 aliphatic carbocycles. The number of hydrazine groups is 1. The molecule has 2 aromatic rings. The normalized spacial score (nSPS) is 11.5. The first-order chi connectivity index (χ1) is 9.56. The highest BCUT2D eigenvalue weighted by Gasteiger charge is 2.15. The topological polar surface area (TPSA) is 97.1 Å². The second kappa shape index (κ2) is 6.31. The fraction of sp³-hybridized carbons (Fsp3) is 0.250. The Morgan fingerprint density at radius 1 is 1.35 bits per heavy atom. The molecule has 0 fully saturated rings. The molecule has 0 aliphatic heterocycles. The van der Waals surface area contributed by atoms with Gasteiger partial charge in [-0.1, -0.05) is 6.92 Å². The van der Waals surface area contributed by atoms with Crippen LogP contribution in [0.4, 0.5) is 5.82 Å². The van der Waals surface area contributed by atoms with E-state index in [4.69, 9.17) is 5.84 Å². The van der Waals surface area contributed by atoms with Gasteiger partial charge in [-0.3, -0.25) is 0 Å². The first-order valence-corrected chi connectivity index (χ1v) is 8.40. The van der Waals surface area contributed by atoms with E-state index in [1.165, 1.54) is 23.9 Å². The average molecular weight is 312 g/mol. The van der Waals surface area contributed by atoms with E-state index in [9.17, 15) is 8.42 Å². The quantitative estimate of drug-likeness (QED) is 0.554. The van der Waals surface area contributed by atoms with Gasteiger partial charge >= 0.3 is 0 Å². The summed E-state index contributed by atoms with van der Waals surface area (Å²) in [5.74, 6) is 5.60. The Hall–Kier alpha value is -1.48. The lowest BCUT2D eigenvalue weighted by atomic mass is 10.2. The Morgan fingerprint density at radius 2 is 2.15 bits per heavy atom. The number of hydrogen-bond acceptors (Lipinski definition) is 6. The van der Waals surface area contributed by atoms with Crippen molar-refractivity contribution in [2.75, 3.05) is 5.43 Å². The van der Waals surface area contributed by atoms with Crippen LogP contribution >= 0.6 is 11.3 Å². The maximum atomic E-state index is 12.1. The van der Waals surface area contributed by atoms with Gasteiger partial charge in [-0.05, 0) is 35.6 Å². The summed E-state index contributed by atoms with van der Waals surface area (Å²) in [6.07, 6.45) is 2.16. The lowest BCUT2D eigenvalue weighted by Gasteiger charge is -2.07. The molecule has 0 aromatic carbocycles. The van der Waals surface area contributed by atoms with Gasteiger partial charge in [0.1, 0.15) is 10.7 Å². The van der Waals surface area contributed by atoms with E-state index < -0.39 is 10.0 Å². The molecule has 20 heavy (non-hydrogen) atoms. The summed E-state index contributed by atoms with van der Waals surface area (Å²) >= 11 is 1.55. The predicted molar refractivity (Wildman–Crippen MR) is 79.8 cm³/mol. The molecule has 0 saturated carbocycles. The molecule has 0 spiro atoms. The van der Waals surface area contributed by atoms with Gasteiger partial charge in [0.25, 0.3) is 0 Å². The molecule has 6 nitrogen and oxygen atoms in total. The van der Waals surface area contributed by atoms with Crippen molar-refractivity contribution in [1.82, 2.24) is 9.71 Å². The van der Waals surface area contributed by atoms with Crippen LogP contribution in [0.15, 0.2) is 34.7 Å². The second-order valence-corrected chi connectivity index (χ2v) is 6.84. The van der Waals surface area contributed by atoms with Crippen molar-refractivity contribution in [2.24, 2.45) is 5.84 Å². The van der Waals surface area contributed by atoms with Crippen LogP contribution in [0.3, 0.4) is 0 Å². The Labute approximate surface area is 122 Å². The molecule has 108 valence electrons. The minimum atomic E-state index is -3.56. The number of sulfonamides is 1. The third-order valence-electron chi connectivity index (χ3n) is 2.84. The van der Waals surface area contributed by atoms with Crippen LogP contribution in [0.5, 0.6) is 0 Å². The number of hydrogen-bond donors (Lipinski definition) is 3. The third kappa shape index (κ3) is 3.34. The van der Waals surface area contributed by atoms with E-state index in [1.54, 1.807) is 11.3 Å².